The van der Waals surface area contributed by atoms with Crippen LogP contribution in [0.3, 0.4) is 0 Å². The number of hydrogen-bond donors (Lipinski definition) is 2. The van der Waals surface area contributed by atoms with Gasteiger partial charge in [0, 0.05) is 57.0 Å². The van der Waals surface area contributed by atoms with Crippen LogP contribution in [0.1, 0.15) is 36.3 Å². The van der Waals surface area contributed by atoms with Gasteiger partial charge < -0.3 is 19.9 Å². The summed E-state index contributed by atoms with van der Waals surface area (Å²) in [5, 5.41) is 2.86. The van der Waals surface area contributed by atoms with Crippen LogP contribution in [0.15, 0.2) is 67.0 Å². The molecule has 0 bridgehead atoms. The zero-order chi connectivity index (χ0) is 27.8. The van der Waals surface area contributed by atoms with Gasteiger partial charge in [0.2, 0.25) is 5.91 Å². The van der Waals surface area contributed by atoms with E-state index in [0.717, 1.165) is 12.7 Å². The Morgan fingerprint density at radius 1 is 1.05 bits per heavy atom. The monoisotopic (exact) mass is 543 g/mol. The molecule has 2 fully saturated rings. The standard InChI is InChI=1S/C29H29F4N3O3/c1-39-28(29(31,32)33,22-4-2-3-20(15-22)21-9-12-34-17-21)26(38)36-13-10-27(11-14-36)16-25(37)35-18-24(27)19-5-7-23(30)8-6-19/h2-9,12,15,17,24,34H,10-11,13-14,16,18H2,1H3,(H,35,37)/t24-,28?/m0/s1. The van der Waals surface area contributed by atoms with Crippen LogP contribution < -0.4 is 5.32 Å². The van der Waals surface area contributed by atoms with Gasteiger partial charge in [-0.25, -0.2) is 4.39 Å². The van der Waals surface area contributed by atoms with Gasteiger partial charge in [0.15, 0.2) is 0 Å². The molecule has 0 radical (unpaired) electrons. The summed E-state index contributed by atoms with van der Waals surface area (Å²) in [6.45, 7) is 0.403. The highest BCUT2D eigenvalue weighted by Crippen LogP contribution is 2.50. The number of H-pyrrole nitrogens is 1. The van der Waals surface area contributed by atoms with E-state index >= 15 is 0 Å². The number of ether oxygens (including phenoxy) is 1. The molecule has 39 heavy (non-hydrogen) atoms. The third kappa shape index (κ3) is 4.71. The molecule has 1 spiro atoms. The van der Waals surface area contributed by atoms with Crippen molar-refractivity contribution in [2.24, 2.45) is 5.41 Å². The second kappa shape index (κ2) is 10.1. The van der Waals surface area contributed by atoms with Gasteiger partial charge in [-0.2, -0.15) is 13.2 Å². The van der Waals surface area contributed by atoms with Gasteiger partial charge in [0.1, 0.15) is 5.82 Å². The summed E-state index contributed by atoms with van der Waals surface area (Å²) in [6, 6.07) is 13.5. The van der Waals surface area contributed by atoms with Crippen molar-refractivity contribution in [1.29, 1.82) is 0 Å². The number of carbonyl (C=O) groups excluding carboxylic acids is 2. The molecule has 0 aliphatic carbocycles. The first-order chi connectivity index (χ1) is 18.6. The van der Waals surface area contributed by atoms with Crippen LogP contribution in [0.2, 0.25) is 0 Å². The first kappa shape index (κ1) is 26.9. The van der Waals surface area contributed by atoms with Crippen LogP contribution in [0.25, 0.3) is 11.1 Å². The molecule has 0 saturated carbocycles. The first-order valence-electron chi connectivity index (χ1n) is 12.8. The minimum absolute atomic E-state index is 0.0303. The summed E-state index contributed by atoms with van der Waals surface area (Å²) in [5.41, 5.74) is -2.01. The second-order valence-corrected chi connectivity index (χ2v) is 10.3. The minimum Gasteiger partial charge on any atom is -0.367 e. The van der Waals surface area contributed by atoms with E-state index in [-0.39, 0.29) is 42.7 Å². The fourth-order valence-electron chi connectivity index (χ4n) is 6.16. The molecule has 2 saturated heterocycles. The Hall–Kier alpha value is -3.66. The lowest BCUT2D eigenvalue weighted by molar-refractivity contribution is -0.271. The molecule has 1 aromatic heterocycles. The molecular weight excluding hydrogens is 514 g/mol. The fraction of sp³-hybridized carbons (Fsp3) is 0.379. The van der Waals surface area contributed by atoms with Crippen LogP contribution in [0, 0.1) is 11.2 Å². The van der Waals surface area contributed by atoms with Crippen LogP contribution in [0.4, 0.5) is 17.6 Å². The summed E-state index contributed by atoms with van der Waals surface area (Å²) < 4.78 is 63.0. The molecule has 3 aromatic rings. The van der Waals surface area contributed by atoms with Crippen molar-refractivity contribution in [3.05, 3.63) is 83.9 Å². The molecular formula is C29H29F4N3O3. The minimum atomic E-state index is -5.04. The molecule has 6 nitrogen and oxygen atoms in total. The zero-order valence-electron chi connectivity index (χ0n) is 21.4. The Morgan fingerprint density at radius 2 is 1.77 bits per heavy atom. The summed E-state index contributed by atoms with van der Waals surface area (Å²) in [6.07, 6.45) is -0.874. The number of rotatable bonds is 5. The number of likely N-dealkylation sites (tertiary alicyclic amines) is 1. The SMILES string of the molecule is COC(C(=O)N1CCC2(CC1)CC(=O)NC[C@H]2c1ccc(F)cc1)(c1cccc(-c2cc[nH]c2)c1)C(F)(F)F. The maximum absolute atomic E-state index is 14.8. The molecule has 5 rings (SSSR count). The zero-order valence-corrected chi connectivity index (χ0v) is 21.4. The number of nitrogens with one attached hydrogen (secondary N) is 2. The maximum Gasteiger partial charge on any atom is 0.430 e. The van der Waals surface area contributed by atoms with Crippen molar-refractivity contribution in [2.75, 3.05) is 26.7 Å². The van der Waals surface area contributed by atoms with Crippen molar-refractivity contribution in [1.82, 2.24) is 15.2 Å². The van der Waals surface area contributed by atoms with E-state index in [0.29, 0.717) is 30.5 Å². The molecule has 206 valence electrons. The number of halogens is 4. The molecule has 2 aromatic carbocycles. The average Bonchev–Trinajstić information content (AvgIpc) is 3.45. The van der Waals surface area contributed by atoms with Crippen molar-refractivity contribution in [3.8, 4) is 11.1 Å². The number of methoxy groups -OCH3 is 1. The van der Waals surface area contributed by atoms with E-state index in [1.54, 1.807) is 36.7 Å². The van der Waals surface area contributed by atoms with Crippen molar-refractivity contribution >= 4 is 11.8 Å². The number of benzene rings is 2. The van der Waals surface area contributed by atoms with Gasteiger partial charge in [-0.3, -0.25) is 9.59 Å². The quantitative estimate of drug-likeness (QED) is 0.438. The van der Waals surface area contributed by atoms with E-state index in [1.807, 2.05) is 0 Å². The summed E-state index contributed by atoms with van der Waals surface area (Å²) in [4.78, 5) is 30.3. The number of nitrogens with zero attached hydrogens (tertiary/aromatic N) is 1. The van der Waals surface area contributed by atoms with Gasteiger partial charge in [-0.1, -0.05) is 30.3 Å². The Kier molecular flexibility index (Phi) is 7.00. The van der Waals surface area contributed by atoms with Crippen LogP contribution >= 0.6 is 0 Å². The van der Waals surface area contributed by atoms with Crippen LogP contribution in [-0.2, 0) is 19.9 Å². The topological polar surface area (TPSA) is 74.4 Å². The van der Waals surface area contributed by atoms with E-state index in [9.17, 15) is 27.2 Å². The molecule has 2 aliphatic rings. The highest BCUT2D eigenvalue weighted by atomic mass is 19.4. The smallest absolute Gasteiger partial charge is 0.367 e. The third-order valence-corrected chi connectivity index (χ3v) is 8.28. The van der Waals surface area contributed by atoms with Gasteiger partial charge in [0.25, 0.3) is 11.5 Å². The first-order valence-corrected chi connectivity index (χ1v) is 12.8. The number of carbonyl (C=O) groups is 2. The molecule has 2 aliphatic heterocycles. The van der Waals surface area contributed by atoms with Gasteiger partial charge >= 0.3 is 6.18 Å². The predicted molar refractivity (Wildman–Crippen MR) is 136 cm³/mol. The van der Waals surface area contributed by atoms with E-state index in [4.69, 9.17) is 4.74 Å². The average molecular weight is 544 g/mol. The van der Waals surface area contributed by atoms with Crippen molar-refractivity contribution in [3.63, 3.8) is 0 Å². The Labute approximate surface area is 223 Å². The Morgan fingerprint density at radius 3 is 2.38 bits per heavy atom. The number of aromatic amines is 1. The highest BCUT2D eigenvalue weighted by Gasteiger charge is 2.64. The predicted octanol–water partition coefficient (Wildman–Crippen LogP) is 5.14. The summed E-state index contributed by atoms with van der Waals surface area (Å²) in [5.74, 6) is -1.86. The van der Waals surface area contributed by atoms with Crippen molar-refractivity contribution in [2.45, 2.75) is 37.0 Å². The normalized spacial score (nSPS) is 20.9. The van der Waals surface area contributed by atoms with Crippen LogP contribution in [-0.4, -0.2) is 54.6 Å². The number of alkyl halides is 3. The number of amides is 2. The van der Waals surface area contributed by atoms with Gasteiger partial charge in [0.05, 0.1) is 0 Å². The van der Waals surface area contributed by atoms with Gasteiger partial charge in [-0.05, 0) is 59.2 Å². The molecule has 1 unspecified atom stereocenters. The third-order valence-electron chi connectivity index (χ3n) is 8.28. The van der Waals surface area contributed by atoms with E-state index < -0.39 is 23.1 Å². The highest BCUT2D eigenvalue weighted by molar-refractivity contribution is 5.88. The fourth-order valence-corrected chi connectivity index (χ4v) is 6.16. The van der Waals surface area contributed by atoms with E-state index in [2.05, 4.69) is 10.3 Å². The summed E-state index contributed by atoms with van der Waals surface area (Å²) >= 11 is 0. The molecule has 2 atom stereocenters. The lowest BCUT2D eigenvalue weighted by Gasteiger charge is -2.50. The van der Waals surface area contributed by atoms with Crippen molar-refractivity contribution < 1.29 is 31.9 Å². The Balaban J connectivity index is 1.45. The maximum atomic E-state index is 14.8. The number of aromatic nitrogens is 1. The summed E-state index contributed by atoms with van der Waals surface area (Å²) in [7, 11) is 0.899. The van der Waals surface area contributed by atoms with Gasteiger partial charge in [-0.15, -0.1) is 0 Å². The number of hydrogen-bond acceptors (Lipinski definition) is 3. The largest absolute Gasteiger partial charge is 0.430 e. The van der Waals surface area contributed by atoms with E-state index in [1.165, 1.54) is 35.2 Å². The molecule has 2 N–H and O–H groups in total. The second-order valence-electron chi connectivity index (χ2n) is 10.3. The number of piperidine rings is 2. The Bertz CT molecular complexity index is 1330. The molecule has 10 heteroatoms. The molecule has 2 amide bonds. The van der Waals surface area contributed by atoms with Crippen LogP contribution in [0.5, 0.6) is 0 Å². The lowest BCUT2D eigenvalue weighted by Crippen LogP contribution is -2.60. The molecule has 3 heterocycles. The lowest BCUT2D eigenvalue weighted by atomic mass is 9.62.